The van der Waals surface area contributed by atoms with Gasteiger partial charge in [0, 0.05) is 42.9 Å². The Morgan fingerprint density at radius 1 is 1.00 bits per heavy atom. The maximum atomic E-state index is 15.1. The highest BCUT2D eigenvalue weighted by Gasteiger charge is 2.66. The molecular formula is C40H49N5O10Si. The number of nitrogens with one attached hydrogen (secondary N) is 1. The molecule has 7 rings (SSSR count). The molecular weight excluding hydrogens is 739 g/mol. The van der Waals surface area contributed by atoms with Crippen molar-refractivity contribution >= 4 is 36.4 Å². The number of amides is 2. The van der Waals surface area contributed by atoms with Crippen molar-refractivity contribution < 1.29 is 49.3 Å². The number of benzene rings is 3. The van der Waals surface area contributed by atoms with E-state index >= 15 is 4.79 Å². The largest absolute Gasteiger partial charge is 0.497 e. The quantitative estimate of drug-likeness (QED) is 0.113. The SMILES string of the molecule is COc1ccc([Si](C)(C)[C@H]2[C@H](CCn3cc(CCO)nn3)O[C@@]3(C(=O)N(Cc4cccc(NC(=O)[C@H]5O[C@@H](O)[C@H](O)[C@@H](O)[C@@H]5O)c4)c4ccccc43)[C@@H]2C)cc1. The molecule has 298 valence electrons. The second kappa shape index (κ2) is 15.8. The zero-order chi connectivity index (χ0) is 39.9. The standard InChI is InChI=1S/C40H49N5O10Si/c1-23-36(56(3,4)28-14-12-27(53-2)13-15-28)31(16-18-44-22-26(17-19-46)42-43-44)55-40(23)29-10-5-6-11-30(29)45(39(40)52)21-24-8-7-9-25(20-24)41-37(50)35-33(48)32(47)34(49)38(51)54-35/h5-15,20,22-23,31-36,38,46-49,51H,16-19,21H2,1-4H3,(H,41,50)/t23-,31+,32+,33+,34-,35+,36-,38-,40+/m1/s1. The Bertz CT molecular complexity index is 2050. The van der Waals surface area contributed by atoms with Gasteiger partial charge in [0.1, 0.15) is 24.1 Å². The van der Waals surface area contributed by atoms with Gasteiger partial charge in [-0.3, -0.25) is 14.3 Å². The summed E-state index contributed by atoms with van der Waals surface area (Å²) < 4.78 is 19.5. The van der Waals surface area contributed by atoms with E-state index in [2.05, 4.69) is 47.8 Å². The van der Waals surface area contributed by atoms with Crippen molar-refractivity contribution in [2.75, 3.05) is 23.9 Å². The lowest BCUT2D eigenvalue weighted by Crippen LogP contribution is -2.60. The van der Waals surface area contributed by atoms with Crippen LogP contribution in [0.5, 0.6) is 5.75 Å². The minimum absolute atomic E-state index is 0.00216. The molecule has 0 bridgehead atoms. The summed E-state index contributed by atoms with van der Waals surface area (Å²) in [6.07, 6.45) is -6.32. The summed E-state index contributed by atoms with van der Waals surface area (Å²) in [5, 5.41) is 62.0. The monoisotopic (exact) mass is 787 g/mol. The van der Waals surface area contributed by atoms with Crippen molar-refractivity contribution in [1.82, 2.24) is 15.0 Å². The molecule has 3 aromatic carbocycles. The molecule has 0 aliphatic carbocycles. The van der Waals surface area contributed by atoms with E-state index in [0.29, 0.717) is 36.3 Å². The van der Waals surface area contributed by atoms with Gasteiger partial charge in [0.05, 0.1) is 39.2 Å². The van der Waals surface area contributed by atoms with Crippen LogP contribution in [-0.4, -0.2) is 111 Å². The Hall–Kier alpha value is -4.52. The number of hydrogen-bond donors (Lipinski definition) is 6. The van der Waals surface area contributed by atoms with Crippen LogP contribution >= 0.6 is 0 Å². The summed E-state index contributed by atoms with van der Waals surface area (Å²) in [5.41, 5.74) is 1.98. The van der Waals surface area contributed by atoms with E-state index in [9.17, 15) is 30.3 Å². The van der Waals surface area contributed by atoms with E-state index in [1.165, 1.54) is 5.19 Å². The molecule has 0 unspecified atom stereocenters. The predicted octanol–water partition coefficient (Wildman–Crippen LogP) is 1.41. The molecule has 1 spiro atoms. The molecule has 1 aromatic heterocycles. The highest BCUT2D eigenvalue weighted by molar-refractivity contribution is 6.91. The zero-order valence-corrected chi connectivity index (χ0v) is 32.7. The molecule has 9 atom stereocenters. The van der Waals surface area contributed by atoms with Crippen LogP contribution in [0.4, 0.5) is 11.4 Å². The van der Waals surface area contributed by atoms with E-state index in [1.807, 2.05) is 48.7 Å². The molecule has 3 aliphatic rings. The number of ether oxygens (including phenoxy) is 3. The second-order valence-corrected chi connectivity index (χ2v) is 20.1. The molecule has 0 radical (unpaired) electrons. The Kier molecular flexibility index (Phi) is 11.2. The summed E-state index contributed by atoms with van der Waals surface area (Å²) in [6, 6.07) is 22.8. The number of rotatable bonds is 12. The summed E-state index contributed by atoms with van der Waals surface area (Å²) in [6.45, 7) is 7.42. The molecule has 15 nitrogen and oxygen atoms in total. The molecule has 16 heteroatoms. The summed E-state index contributed by atoms with van der Waals surface area (Å²) >= 11 is 0. The highest BCUT2D eigenvalue weighted by Crippen LogP contribution is 2.60. The fourth-order valence-corrected chi connectivity index (χ4v) is 12.9. The van der Waals surface area contributed by atoms with Crippen molar-refractivity contribution in [3.05, 3.63) is 95.8 Å². The topological polar surface area (TPSA) is 209 Å². The minimum atomic E-state index is -2.39. The minimum Gasteiger partial charge on any atom is -0.497 e. The third-order valence-electron chi connectivity index (χ3n) is 11.7. The van der Waals surface area contributed by atoms with Gasteiger partial charge in [0.2, 0.25) is 0 Å². The number of anilines is 2. The maximum absolute atomic E-state index is 15.1. The van der Waals surface area contributed by atoms with Crippen molar-refractivity contribution in [2.45, 2.75) is 93.9 Å². The average Bonchev–Trinajstić information content (AvgIpc) is 3.84. The van der Waals surface area contributed by atoms with Crippen molar-refractivity contribution in [3.8, 4) is 5.75 Å². The number of aryl methyl sites for hydroxylation is 1. The molecule has 4 aromatic rings. The van der Waals surface area contributed by atoms with E-state index in [0.717, 1.165) is 17.0 Å². The van der Waals surface area contributed by atoms with Crippen LogP contribution in [0.25, 0.3) is 0 Å². The Morgan fingerprint density at radius 2 is 1.75 bits per heavy atom. The summed E-state index contributed by atoms with van der Waals surface area (Å²) in [7, 11) is -0.750. The first kappa shape index (κ1) is 39.7. The van der Waals surface area contributed by atoms with Crippen LogP contribution in [0.15, 0.2) is 79.0 Å². The van der Waals surface area contributed by atoms with Crippen LogP contribution in [0.3, 0.4) is 0 Å². The molecule has 2 amide bonds. The number of aliphatic hydroxyl groups is 5. The third-order valence-corrected chi connectivity index (χ3v) is 16.1. The summed E-state index contributed by atoms with van der Waals surface area (Å²) in [4.78, 5) is 30.0. The molecule has 4 heterocycles. The first-order chi connectivity index (χ1) is 26.8. The number of carbonyl (C=O) groups is 2. The number of methoxy groups -OCH3 is 1. The second-order valence-electron chi connectivity index (χ2n) is 15.4. The zero-order valence-electron chi connectivity index (χ0n) is 31.7. The molecule has 2 fully saturated rings. The number of aromatic nitrogens is 3. The lowest BCUT2D eigenvalue weighted by atomic mass is 9.82. The van der Waals surface area contributed by atoms with E-state index in [1.54, 1.807) is 34.9 Å². The molecule has 3 aliphatic heterocycles. The van der Waals surface area contributed by atoms with Crippen molar-refractivity contribution in [2.24, 2.45) is 5.92 Å². The number of fused-ring (bicyclic) bond motifs is 2. The third kappa shape index (κ3) is 7.04. The predicted molar refractivity (Wildman–Crippen MR) is 207 cm³/mol. The fraction of sp³-hybridized carbons (Fsp3) is 0.450. The first-order valence-corrected chi connectivity index (χ1v) is 21.9. The van der Waals surface area contributed by atoms with Gasteiger partial charge in [0.25, 0.3) is 11.8 Å². The number of para-hydroxylation sites is 1. The van der Waals surface area contributed by atoms with Crippen molar-refractivity contribution in [1.29, 1.82) is 0 Å². The highest BCUT2D eigenvalue weighted by atomic mass is 28.3. The van der Waals surface area contributed by atoms with Gasteiger partial charge < -0.3 is 50.0 Å². The Balaban J connectivity index is 1.18. The molecule has 0 saturated carbocycles. The lowest BCUT2D eigenvalue weighted by molar-refractivity contribution is -0.274. The normalized spacial score (nSPS) is 28.8. The van der Waals surface area contributed by atoms with Crippen LogP contribution in [0, 0.1) is 5.92 Å². The van der Waals surface area contributed by atoms with Gasteiger partial charge in [0.15, 0.2) is 18.0 Å². The van der Waals surface area contributed by atoms with Crippen molar-refractivity contribution in [3.63, 3.8) is 0 Å². The van der Waals surface area contributed by atoms with Gasteiger partial charge in [-0.2, -0.15) is 0 Å². The van der Waals surface area contributed by atoms with Gasteiger partial charge in [-0.1, -0.05) is 72.9 Å². The molecule has 56 heavy (non-hydrogen) atoms. The maximum Gasteiger partial charge on any atom is 0.264 e. The summed E-state index contributed by atoms with van der Waals surface area (Å²) in [5.74, 6) is -0.472. The molecule has 6 N–H and O–H groups in total. The van der Waals surface area contributed by atoms with Crippen LogP contribution < -0.4 is 20.1 Å². The lowest BCUT2D eigenvalue weighted by Gasteiger charge is -2.37. The fourth-order valence-electron chi connectivity index (χ4n) is 8.85. The smallest absolute Gasteiger partial charge is 0.264 e. The Labute approximate surface area is 325 Å². The van der Waals surface area contributed by atoms with E-state index < -0.39 is 50.3 Å². The van der Waals surface area contributed by atoms with E-state index in [-0.39, 0.29) is 36.6 Å². The van der Waals surface area contributed by atoms with Crippen LogP contribution in [0.2, 0.25) is 18.6 Å². The first-order valence-electron chi connectivity index (χ1n) is 18.8. The van der Waals surface area contributed by atoms with Gasteiger partial charge in [-0.15, -0.1) is 5.10 Å². The Morgan fingerprint density at radius 3 is 2.48 bits per heavy atom. The van der Waals surface area contributed by atoms with Crippen LogP contribution in [-0.2, 0) is 44.2 Å². The van der Waals surface area contributed by atoms with Gasteiger partial charge >= 0.3 is 0 Å². The van der Waals surface area contributed by atoms with E-state index in [4.69, 9.17) is 14.2 Å². The van der Waals surface area contributed by atoms with Gasteiger partial charge in [-0.05, 0) is 47.9 Å². The van der Waals surface area contributed by atoms with Crippen LogP contribution in [0.1, 0.15) is 30.2 Å². The van der Waals surface area contributed by atoms with Gasteiger partial charge in [-0.25, -0.2) is 0 Å². The molecule has 2 saturated heterocycles. The number of nitrogens with zero attached hydrogens (tertiary/aromatic N) is 4. The number of carbonyl (C=O) groups excluding carboxylic acids is 2. The number of hydrogen-bond acceptors (Lipinski definition) is 12. The number of aliphatic hydroxyl groups excluding tert-OH is 5. The average molecular weight is 788 g/mol.